The second-order valence-corrected chi connectivity index (χ2v) is 4.06. The van der Waals surface area contributed by atoms with Crippen molar-refractivity contribution in [1.29, 1.82) is 0 Å². The summed E-state index contributed by atoms with van der Waals surface area (Å²) in [5.74, 6) is 6.01. The highest BCUT2D eigenvalue weighted by molar-refractivity contribution is 7.08. The van der Waals surface area contributed by atoms with Gasteiger partial charge in [0.15, 0.2) is 0 Å². The van der Waals surface area contributed by atoms with Gasteiger partial charge in [0, 0.05) is 6.54 Å². The molecule has 0 radical (unpaired) electrons. The Kier molecular flexibility index (Phi) is 5.14. The zero-order chi connectivity index (χ0) is 11.1. The van der Waals surface area contributed by atoms with Crippen LogP contribution in [0, 0.1) is 6.92 Å². The van der Waals surface area contributed by atoms with Crippen molar-refractivity contribution in [3.05, 3.63) is 21.9 Å². The van der Waals surface area contributed by atoms with Crippen molar-refractivity contribution < 1.29 is 0 Å². The standard InChI is InChI=1S/C10H18N4S/c1-3-4-12-10(14-11)13-5-9-7-15-6-8(9)2/h6-7H,3-5,11H2,1-2H3,(H2,12,13,14). The minimum atomic E-state index is 0.655. The first-order chi connectivity index (χ1) is 7.27. The summed E-state index contributed by atoms with van der Waals surface area (Å²) in [5, 5.41) is 7.36. The molecule has 0 fully saturated rings. The van der Waals surface area contributed by atoms with Gasteiger partial charge in [-0.2, -0.15) is 11.3 Å². The molecule has 0 aliphatic carbocycles. The molecule has 1 aromatic rings. The van der Waals surface area contributed by atoms with Gasteiger partial charge in [-0.3, -0.25) is 5.43 Å². The fraction of sp³-hybridized carbons (Fsp3) is 0.500. The van der Waals surface area contributed by atoms with Crippen LogP contribution < -0.4 is 16.6 Å². The van der Waals surface area contributed by atoms with Crippen LogP contribution in [-0.2, 0) is 6.54 Å². The third kappa shape index (κ3) is 3.89. The van der Waals surface area contributed by atoms with Crippen molar-refractivity contribution in [2.24, 2.45) is 10.8 Å². The summed E-state index contributed by atoms with van der Waals surface area (Å²) in [6.45, 7) is 5.75. The molecule has 0 aliphatic rings. The number of aliphatic imine (C=N–C) groups is 1. The fourth-order valence-corrected chi connectivity index (χ4v) is 1.96. The first-order valence-corrected chi connectivity index (χ1v) is 5.98. The van der Waals surface area contributed by atoms with E-state index in [4.69, 9.17) is 5.84 Å². The highest BCUT2D eigenvalue weighted by Crippen LogP contribution is 2.14. The molecule has 0 aromatic carbocycles. The van der Waals surface area contributed by atoms with Gasteiger partial charge in [-0.15, -0.1) is 0 Å². The van der Waals surface area contributed by atoms with Crippen LogP contribution in [-0.4, -0.2) is 12.5 Å². The number of nitrogens with two attached hydrogens (primary N) is 1. The fourth-order valence-electron chi connectivity index (χ4n) is 1.11. The highest BCUT2D eigenvalue weighted by atomic mass is 32.1. The summed E-state index contributed by atoms with van der Waals surface area (Å²) in [4.78, 5) is 4.36. The number of rotatable bonds is 4. The van der Waals surface area contributed by atoms with Crippen LogP contribution in [0.1, 0.15) is 24.5 Å². The van der Waals surface area contributed by atoms with E-state index in [0.29, 0.717) is 12.5 Å². The van der Waals surface area contributed by atoms with Gasteiger partial charge >= 0.3 is 0 Å². The number of thiophene rings is 1. The number of aryl methyl sites for hydroxylation is 1. The molecular weight excluding hydrogens is 208 g/mol. The first-order valence-electron chi connectivity index (χ1n) is 5.04. The molecule has 15 heavy (non-hydrogen) atoms. The zero-order valence-electron chi connectivity index (χ0n) is 9.21. The van der Waals surface area contributed by atoms with E-state index in [1.165, 1.54) is 11.1 Å². The Bertz CT molecular complexity index is 319. The van der Waals surface area contributed by atoms with Crippen LogP contribution in [0.5, 0.6) is 0 Å². The lowest BCUT2D eigenvalue weighted by atomic mass is 10.2. The van der Waals surface area contributed by atoms with Gasteiger partial charge in [0.25, 0.3) is 0 Å². The van der Waals surface area contributed by atoms with Crippen LogP contribution in [0.2, 0.25) is 0 Å². The van der Waals surface area contributed by atoms with E-state index in [0.717, 1.165) is 13.0 Å². The highest BCUT2D eigenvalue weighted by Gasteiger charge is 1.99. The quantitative estimate of drug-likeness (QED) is 0.314. The summed E-state index contributed by atoms with van der Waals surface area (Å²) in [7, 11) is 0. The lowest BCUT2D eigenvalue weighted by Crippen LogP contribution is -2.41. The third-order valence-corrected chi connectivity index (χ3v) is 2.96. The summed E-state index contributed by atoms with van der Waals surface area (Å²) in [6, 6.07) is 0. The molecule has 5 heteroatoms. The van der Waals surface area contributed by atoms with Crippen molar-refractivity contribution >= 4 is 17.3 Å². The smallest absolute Gasteiger partial charge is 0.206 e. The molecule has 0 saturated heterocycles. The van der Waals surface area contributed by atoms with Gasteiger partial charge in [-0.1, -0.05) is 6.92 Å². The third-order valence-electron chi connectivity index (χ3n) is 2.05. The minimum absolute atomic E-state index is 0.655. The van der Waals surface area contributed by atoms with Gasteiger partial charge in [0.1, 0.15) is 0 Å². The molecule has 1 rings (SSSR count). The lowest BCUT2D eigenvalue weighted by molar-refractivity contribution is 0.790. The second kappa shape index (κ2) is 6.42. The van der Waals surface area contributed by atoms with Gasteiger partial charge in [-0.25, -0.2) is 10.8 Å². The Morgan fingerprint density at radius 3 is 2.87 bits per heavy atom. The maximum Gasteiger partial charge on any atom is 0.206 e. The Hall–Kier alpha value is -1.07. The molecule has 0 atom stereocenters. The molecule has 1 aromatic heterocycles. The Morgan fingerprint density at radius 1 is 1.53 bits per heavy atom. The summed E-state index contributed by atoms with van der Waals surface area (Å²) in [5.41, 5.74) is 5.10. The predicted octanol–water partition coefficient (Wildman–Crippen LogP) is 1.38. The topological polar surface area (TPSA) is 62.4 Å². The molecule has 0 saturated carbocycles. The molecule has 4 nitrogen and oxygen atoms in total. The number of nitrogens with one attached hydrogen (secondary N) is 2. The molecule has 0 bridgehead atoms. The summed E-state index contributed by atoms with van der Waals surface area (Å²) in [6.07, 6.45) is 1.05. The number of nitrogens with zero attached hydrogens (tertiary/aromatic N) is 1. The monoisotopic (exact) mass is 226 g/mol. The first kappa shape index (κ1) is 12.0. The number of guanidine groups is 1. The van der Waals surface area contributed by atoms with E-state index < -0.39 is 0 Å². The van der Waals surface area contributed by atoms with Gasteiger partial charge < -0.3 is 5.32 Å². The van der Waals surface area contributed by atoms with Gasteiger partial charge in [-0.05, 0) is 35.2 Å². The molecule has 0 aliphatic heterocycles. The van der Waals surface area contributed by atoms with Crippen LogP contribution in [0.15, 0.2) is 15.8 Å². The Labute approximate surface area is 94.6 Å². The van der Waals surface area contributed by atoms with Crippen molar-refractivity contribution in [2.75, 3.05) is 6.54 Å². The Balaban J connectivity index is 2.50. The molecule has 0 amide bonds. The largest absolute Gasteiger partial charge is 0.355 e. The lowest BCUT2D eigenvalue weighted by Gasteiger charge is -2.07. The van der Waals surface area contributed by atoms with Crippen molar-refractivity contribution in [2.45, 2.75) is 26.8 Å². The van der Waals surface area contributed by atoms with Crippen LogP contribution in [0.4, 0.5) is 0 Å². The minimum Gasteiger partial charge on any atom is -0.355 e. The van der Waals surface area contributed by atoms with Crippen molar-refractivity contribution in [3.63, 3.8) is 0 Å². The van der Waals surface area contributed by atoms with Gasteiger partial charge in [0.2, 0.25) is 5.96 Å². The molecule has 4 N–H and O–H groups in total. The molecular formula is C10H18N4S. The molecule has 84 valence electrons. The van der Waals surface area contributed by atoms with Crippen molar-refractivity contribution in [3.8, 4) is 0 Å². The van der Waals surface area contributed by atoms with Gasteiger partial charge in [0.05, 0.1) is 6.54 Å². The maximum atomic E-state index is 5.35. The van der Waals surface area contributed by atoms with E-state index >= 15 is 0 Å². The van der Waals surface area contributed by atoms with Crippen LogP contribution in [0.25, 0.3) is 0 Å². The number of hydrogen-bond acceptors (Lipinski definition) is 3. The van der Waals surface area contributed by atoms with E-state index in [1.807, 2.05) is 0 Å². The van der Waals surface area contributed by atoms with Crippen LogP contribution >= 0.6 is 11.3 Å². The molecule has 1 heterocycles. The predicted molar refractivity (Wildman–Crippen MR) is 65.8 cm³/mol. The van der Waals surface area contributed by atoms with Crippen molar-refractivity contribution in [1.82, 2.24) is 10.7 Å². The van der Waals surface area contributed by atoms with E-state index in [2.05, 4.69) is 40.3 Å². The summed E-state index contributed by atoms with van der Waals surface area (Å²) >= 11 is 1.70. The van der Waals surface area contributed by atoms with E-state index in [-0.39, 0.29) is 0 Å². The zero-order valence-corrected chi connectivity index (χ0v) is 10.0. The average Bonchev–Trinajstić information content (AvgIpc) is 2.65. The van der Waals surface area contributed by atoms with Crippen LogP contribution in [0.3, 0.4) is 0 Å². The maximum absolute atomic E-state index is 5.35. The normalized spacial score (nSPS) is 11.5. The second-order valence-electron chi connectivity index (χ2n) is 3.32. The van der Waals surface area contributed by atoms with E-state index in [1.54, 1.807) is 11.3 Å². The Morgan fingerprint density at radius 2 is 2.33 bits per heavy atom. The SMILES string of the molecule is CCCNC(=NCc1cscc1C)NN. The molecule has 0 unspecified atom stereocenters. The number of hydrazine groups is 1. The average molecular weight is 226 g/mol. The van der Waals surface area contributed by atoms with E-state index in [9.17, 15) is 0 Å². The molecule has 0 spiro atoms. The number of hydrogen-bond donors (Lipinski definition) is 3. The summed E-state index contributed by atoms with van der Waals surface area (Å²) < 4.78 is 0.